The smallest absolute Gasteiger partial charge is 0.0960 e. The van der Waals surface area contributed by atoms with Gasteiger partial charge in [-0.2, -0.15) is 0 Å². The molecule has 0 aliphatic carbocycles. The number of benzene rings is 1. The number of aryl methyl sites for hydroxylation is 2. The molecule has 1 unspecified atom stereocenters. The van der Waals surface area contributed by atoms with E-state index in [0.717, 1.165) is 24.8 Å². The summed E-state index contributed by atoms with van der Waals surface area (Å²) in [4.78, 5) is 1.08. The number of hydrogen-bond donors (Lipinski definition) is 0. The van der Waals surface area contributed by atoms with Gasteiger partial charge < -0.3 is 0 Å². The van der Waals surface area contributed by atoms with Crippen LogP contribution >= 0.6 is 50.5 Å². The average molecular weight is 350 g/mol. The first kappa shape index (κ1) is 13.4. The summed E-state index contributed by atoms with van der Waals surface area (Å²) in [6.07, 6.45) is 0. The summed E-state index contributed by atoms with van der Waals surface area (Å²) in [5, 5.41) is -0.152. The van der Waals surface area contributed by atoms with E-state index in [0.29, 0.717) is 0 Å². The molecule has 1 aromatic carbocycles. The summed E-state index contributed by atoms with van der Waals surface area (Å²) in [6, 6.07) is 8.25. The second-order valence-corrected chi connectivity index (χ2v) is 6.97. The van der Waals surface area contributed by atoms with Crippen molar-refractivity contribution in [1.82, 2.24) is 0 Å². The minimum Gasteiger partial charge on any atom is -0.126 e. The molecule has 0 bridgehead atoms. The van der Waals surface area contributed by atoms with E-state index in [4.69, 9.17) is 23.2 Å². The van der Waals surface area contributed by atoms with Gasteiger partial charge in [0.05, 0.1) is 9.71 Å². The third-order valence-electron chi connectivity index (χ3n) is 2.55. The molecule has 0 fully saturated rings. The first-order valence-electron chi connectivity index (χ1n) is 5.15. The van der Waals surface area contributed by atoms with Crippen molar-refractivity contribution in [1.29, 1.82) is 0 Å². The van der Waals surface area contributed by atoms with Crippen LogP contribution in [-0.4, -0.2) is 0 Å². The van der Waals surface area contributed by atoms with E-state index >= 15 is 0 Å². The molecule has 0 amide bonds. The Labute approximate surface area is 124 Å². The van der Waals surface area contributed by atoms with E-state index in [2.05, 4.69) is 41.1 Å². The van der Waals surface area contributed by atoms with Crippen molar-refractivity contribution in [3.63, 3.8) is 0 Å². The van der Waals surface area contributed by atoms with Gasteiger partial charge in [-0.1, -0.05) is 45.2 Å². The van der Waals surface area contributed by atoms with Gasteiger partial charge >= 0.3 is 0 Å². The molecule has 0 N–H and O–H groups in total. The highest BCUT2D eigenvalue weighted by Gasteiger charge is 2.17. The monoisotopic (exact) mass is 348 g/mol. The Bertz CT molecular complexity index is 529. The molecule has 2 rings (SSSR count). The zero-order chi connectivity index (χ0) is 12.6. The molecule has 0 aliphatic heterocycles. The third-order valence-corrected chi connectivity index (χ3v) is 5.49. The van der Waals surface area contributed by atoms with Crippen LogP contribution in [0.15, 0.2) is 28.7 Å². The quantitative estimate of drug-likeness (QED) is 0.574. The lowest BCUT2D eigenvalue weighted by Crippen LogP contribution is -1.92. The molecule has 90 valence electrons. The van der Waals surface area contributed by atoms with Crippen molar-refractivity contribution in [2.45, 2.75) is 19.2 Å². The van der Waals surface area contributed by atoms with Gasteiger partial charge in [0, 0.05) is 9.35 Å². The molecule has 0 radical (unpaired) electrons. The van der Waals surface area contributed by atoms with Gasteiger partial charge in [0.2, 0.25) is 0 Å². The fourth-order valence-corrected chi connectivity index (χ4v) is 3.82. The zero-order valence-corrected chi connectivity index (χ0v) is 13.3. The zero-order valence-electron chi connectivity index (χ0n) is 9.43. The Kier molecular flexibility index (Phi) is 4.19. The second kappa shape index (κ2) is 5.31. The molecule has 1 aromatic heterocycles. The lowest BCUT2D eigenvalue weighted by atomic mass is 10.1. The standard InChI is InChI=1S/C13H11BrCl2S/c1-7-3-4-10(14)9(5-7)12(15)11-6-8(2)13(16)17-11/h3-6,12H,1-2H3. The first-order valence-corrected chi connectivity index (χ1v) is 7.57. The minimum atomic E-state index is -0.152. The van der Waals surface area contributed by atoms with Crippen LogP contribution < -0.4 is 0 Å². The predicted octanol–water partition coefficient (Wildman–Crippen LogP) is 6.11. The highest BCUT2D eigenvalue weighted by Crippen LogP contribution is 2.40. The number of halogens is 3. The minimum absolute atomic E-state index is 0.152. The normalized spacial score (nSPS) is 12.8. The molecular weight excluding hydrogens is 339 g/mol. The van der Waals surface area contributed by atoms with Gasteiger partial charge in [-0.25, -0.2) is 0 Å². The molecule has 1 heterocycles. The van der Waals surface area contributed by atoms with E-state index in [-0.39, 0.29) is 5.38 Å². The maximum atomic E-state index is 6.52. The summed E-state index contributed by atoms with van der Waals surface area (Å²) < 4.78 is 1.85. The molecule has 4 heteroatoms. The van der Waals surface area contributed by atoms with Crippen LogP contribution in [-0.2, 0) is 0 Å². The number of rotatable bonds is 2. The lowest BCUT2D eigenvalue weighted by molar-refractivity contribution is 1.15. The third kappa shape index (κ3) is 2.87. The largest absolute Gasteiger partial charge is 0.126 e. The Morgan fingerprint density at radius 2 is 1.94 bits per heavy atom. The lowest BCUT2D eigenvalue weighted by Gasteiger charge is -2.11. The van der Waals surface area contributed by atoms with Gasteiger partial charge in [0.15, 0.2) is 0 Å². The summed E-state index contributed by atoms with van der Waals surface area (Å²) in [5.41, 5.74) is 3.37. The summed E-state index contributed by atoms with van der Waals surface area (Å²) in [6.45, 7) is 4.06. The van der Waals surface area contributed by atoms with Gasteiger partial charge in [0.25, 0.3) is 0 Å². The van der Waals surface area contributed by atoms with Gasteiger partial charge in [-0.15, -0.1) is 22.9 Å². The molecule has 0 spiro atoms. The average Bonchev–Trinajstić information content (AvgIpc) is 2.62. The van der Waals surface area contributed by atoms with Crippen LogP contribution in [0.5, 0.6) is 0 Å². The second-order valence-electron chi connectivity index (χ2n) is 3.99. The maximum absolute atomic E-state index is 6.52. The highest BCUT2D eigenvalue weighted by molar-refractivity contribution is 9.10. The molecule has 0 nitrogen and oxygen atoms in total. The van der Waals surface area contributed by atoms with Crippen LogP contribution in [0.25, 0.3) is 0 Å². The van der Waals surface area contributed by atoms with E-state index in [1.165, 1.54) is 5.56 Å². The van der Waals surface area contributed by atoms with Crippen LogP contribution in [0.3, 0.4) is 0 Å². The molecule has 0 saturated carbocycles. The SMILES string of the molecule is Cc1ccc(Br)c(C(Cl)c2cc(C)c(Cl)s2)c1. The van der Waals surface area contributed by atoms with Crippen molar-refractivity contribution < 1.29 is 0 Å². The Hall–Kier alpha value is -0.0200. The highest BCUT2D eigenvalue weighted by atomic mass is 79.9. The van der Waals surface area contributed by atoms with Crippen LogP contribution in [0.4, 0.5) is 0 Å². The number of alkyl halides is 1. The van der Waals surface area contributed by atoms with E-state index < -0.39 is 0 Å². The van der Waals surface area contributed by atoms with Crippen LogP contribution in [0.1, 0.15) is 26.9 Å². The van der Waals surface area contributed by atoms with E-state index in [9.17, 15) is 0 Å². The number of hydrogen-bond acceptors (Lipinski definition) is 1. The molecule has 0 saturated heterocycles. The number of thiophene rings is 1. The first-order chi connectivity index (χ1) is 7.99. The summed E-state index contributed by atoms with van der Waals surface area (Å²) in [7, 11) is 0. The van der Waals surface area contributed by atoms with Crippen molar-refractivity contribution in [2.24, 2.45) is 0 Å². The Morgan fingerprint density at radius 1 is 1.24 bits per heavy atom. The molecule has 1 atom stereocenters. The van der Waals surface area contributed by atoms with Crippen molar-refractivity contribution in [2.75, 3.05) is 0 Å². The summed E-state index contributed by atoms with van der Waals surface area (Å²) >= 11 is 17.7. The van der Waals surface area contributed by atoms with Crippen molar-refractivity contribution in [3.8, 4) is 0 Å². The van der Waals surface area contributed by atoms with Gasteiger partial charge in [0.1, 0.15) is 0 Å². The maximum Gasteiger partial charge on any atom is 0.0960 e. The van der Waals surface area contributed by atoms with Crippen LogP contribution in [0.2, 0.25) is 4.34 Å². The van der Waals surface area contributed by atoms with Crippen molar-refractivity contribution >= 4 is 50.5 Å². The van der Waals surface area contributed by atoms with E-state index in [1.807, 2.05) is 13.0 Å². The van der Waals surface area contributed by atoms with Crippen LogP contribution in [0, 0.1) is 13.8 Å². The van der Waals surface area contributed by atoms with E-state index in [1.54, 1.807) is 11.3 Å². The van der Waals surface area contributed by atoms with Gasteiger partial charge in [-0.3, -0.25) is 0 Å². The Morgan fingerprint density at radius 3 is 2.53 bits per heavy atom. The molecule has 2 aromatic rings. The summed E-state index contributed by atoms with van der Waals surface area (Å²) in [5.74, 6) is 0. The fraction of sp³-hybridized carbons (Fsp3) is 0.231. The molecule has 0 aliphatic rings. The fourth-order valence-electron chi connectivity index (χ4n) is 1.62. The molecular formula is C13H11BrCl2S. The predicted molar refractivity (Wildman–Crippen MR) is 80.6 cm³/mol. The van der Waals surface area contributed by atoms with Crippen molar-refractivity contribution in [3.05, 3.63) is 54.6 Å². The van der Waals surface area contributed by atoms with Gasteiger partial charge in [-0.05, 0) is 37.1 Å². The molecule has 17 heavy (non-hydrogen) atoms. The Balaban J connectivity index is 2.42. The topological polar surface area (TPSA) is 0 Å².